The van der Waals surface area contributed by atoms with Crippen LogP contribution in [0.15, 0.2) is 30.3 Å². The summed E-state index contributed by atoms with van der Waals surface area (Å²) >= 11 is 0. The van der Waals surface area contributed by atoms with E-state index in [1.54, 1.807) is 7.05 Å². The van der Waals surface area contributed by atoms with E-state index in [9.17, 15) is 9.59 Å². The number of amides is 2. The Morgan fingerprint density at radius 2 is 1.85 bits per heavy atom. The minimum Gasteiger partial charge on any atom is -0.355 e. The zero-order valence-corrected chi connectivity index (χ0v) is 19.1. The van der Waals surface area contributed by atoms with E-state index < -0.39 is 0 Å². The lowest BCUT2D eigenvalue weighted by Gasteiger charge is -2.28. The van der Waals surface area contributed by atoms with Gasteiger partial charge in [0.05, 0.1) is 11.1 Å². The highest BCUT2D eigenvalue weighted by molar-refractivity contribution is 6.06. The van der Waals surface area contributed by atoms with Gasteiger partial charge in [0, 0.05) is 41.8 Å². The normalized spacial score (nSPS) is 20.3. The van der Waals surface area contributed by atoms with Crippen LogP contribution in [0.1, 0.15) is 82.2 Å². The van der Waals surface area contributed by atoms with Gasteiger partial charge >= 0.3 is 0 Å². The van der Waals surface area contributed by atoms with E-state index in [4.69, 9.17) is 4.98 Å². The van der Waals surface area contributed by atoms with Crippen LogP contribution in [0.4, 0.5) is 0 Å². The Labute approximate surface area is 193 Å². The van der Waals surface area contributed by atoms with Gasteiger partial charge in [0.25, 0.3) is 11.8 Å². The lowest BCUT2D eigenvalue weighted by Crippen LogP contribution is -2.32. The SMILES string of the molecule is CNC(=O)c1cc(C2CCC(CNC(=O)c3n[nH]c4c3CCCC4)CC2)nc2ccccc12. The topological polar surface area (TPSA) is 99.8 Å². The lowest BCUT2D eigenvalue weighted by molar-refractivity contribution is 0.0935. The molecule has 7 heteroatoms. The Morgan fingerprint density at radius 3 is 2.67 bits per heavy atom. The van der Waals surface area contributed by atoms with E-state index in [2.05, 4.69) is 20.8 Å². The number of benzene rings is 1. The summed E-state index contributed by atoms with van der Waals surface area (Å²) in [7, 11) is 1.66. The van der Waals surface area contributed by atoms with Crippen molar-refractivity contribution in [3.8, 4) is 0 Å². The number of para-hydroxylation sites is 1. The quantitative estimate of drug-likeness (QED) is 0.555. The molecule has 3 aromatic rings. The highest BCUT2D eigenvalue weighted by atomic mass is 16.2. The average Bonchev–Trinajstić information content (AvgIpc) is 3.31. The zero-order chi connectivity index (χ0) is 22.8. The van der Waals surface area contributed by atoms with E-state index >= 15 is 0 Å². The number of rotatable bonds is 5. The molecule has 0 atom stereocenters. The van der Waals surface area contributed by atoms with Gasteiger partial charge in [-0.05, 0) is 69.4 Å². The van der Waals surface area contributed by atoms with Gasteiger partial charge in [0.2, 0.25) is 0 Å². The number of aryl methyl sites for hydroxylation is 1. The van der Waals surface area contributed by atoms with Crippen LogP contribution in [0.2, 0.25) is 0 Å². The van der Waals surface area contributed by atoms with Crippen LogP contribution < -0.4 is 10.6 Å². The molecular formula is C26H31N5O2. The molecular weight excluding hydrogens is 414 g/mol. The van der Waals surface area contributed by atoms with Crippen LogP contribution in [-0.2, 0) is 12.8 Å². The highest BCUT2D eigenvalue weighted by Crippen LogP contribution is 2.36. The average molecular weight is 446 g/mol. The number of carbonyl (C=O) groups excluding carboxylic acids is 2. The molecule has 5 rings (SSSR count). The Kier molecular flexibility index (Phi) is 6.11. The van der Waals surface area contributed by atoms with E-state index in [-0.39, 0.29) is 11.8 Å². The molecule has 2 amide bonds. The molecule has 0 aliphatic heterocycles. The third kappa shape index (κ3) is 4.36. The molecule has 1 aromatic carbocycles. The molecule has 172 valence electrons. The predicted octanol–water partition coefficient (Wildman–Crippen LogP) is 3.90. The van der Waals surface area contributed by atoms with Crippen molar-refractivity contribution in [2.75, 3.05) is 13.6 Å². The third-order valence-corrected chi connectivity index (χ3v) is 7.30. The smallest absolute Gasteiger partial charge is 0.272 e. The molecule has 2 aromatic heterocycles. The van der Waals surface area contributed by atoms with Gasteiger partial charge in [-0.1, -0.05) is 18.2 Å². The van der Waals surface area contributed by atoms with E-state index in [0.29, 0.717) is 29.6 Å². The second-order valence-electron chi connectivity index (χ2n) is 9.36. The Morgan fingerprint density at radius 1 is 1.06 bits per heavy atom. The Balaban J connectivity index is 1.22. The molecule has 1 saturated carbocycles. The maximum atomic E-state index is 12.7. The molecule has 1 fully saturated rings. The molecule has 0 unspecified atom stereocenters. The largest absolute Gasteiger partial charge is 0.355 e. The number of aromatic nitrogens is 3. The van der Waals surface area contributed by atoms with Gasteiger partial charge in [0.15, 0.2) is 5.69 Å². The number of carbonyl (C=O) groups is 2. The van der Waals surface area contributed by atoms with Crippen molar-refractivity contribution >= 4 is 22.7 Å². The van der Waals surface area contributed by atoms with Gasteiger partial charge in [-0.3, -0.25) is 19.7 Å². The molecule has 2 aliphatic rings. The maximum absolute atomic E-state index is 12.7. The molecule has 0 saturated heterocycles. The number of pyridine rings is 1. The van der Waals surface area contributed by atoms with E-state index in [1.807, 2.05) is 30.3 Å². The molecule has 0 radical (unpaired) electrons. The number of nitrogens with zero attached hydrogens (tertiary/aromatic N) is 2. The highest BCUT2D eigenvalue weighted by Gasteiger charge is 2.26. The zero-order valence-electron chi connectivity index (χ0n) is 19.1. The van der Waals surface area contributed by atoms with Crippen molar-refractivity contribution in [3.63, 3.8) is 0 Å². The number of H-pyrrole nitrogens is 1. The Hall–Kier alpha value is -3.22. The first kappa shape index (κ1) is 21.6. The van der Waals surface area contributed by atoms with Gasteiger partial charge < -0.3 is 10.6 Å². The van der Waals surface area contributed by atoms with Crippen LogP contribution in [-0.4, -0.2) is 40.6 Å². The first-order valence-corrected chi connectivity index (χ1v) is 12.1. The van der Waals surface area contributed by atoms with Crippen molar-refractivity contribution in [2.45, 2.75) is 57.3 Å². The molecule has 0 spiro atoms. The fourth-order valence-corrected chi connectivity index (χ4v) is 5.38. The number of nitrogens with one attached hydrogen (secondary N) is 3. The standard InChI is InChI=1S/C26H31N5O2/c1-27-25(32)20-14-23(29-21-8-4-2-6-18(20)21)17-12-10-16(11-13-17)15-28-26(33)24-19-7-3-5-9-22(19)30-31-24/h2,4,6,8,14,16-17H,3,5,7,9-13,15H2,1H3,(H,27,32)(H,28,33)(H,30,31). The van der Waals surface area contributed by atoms with Gasteiger partial charge in [-0.2, -0.15) is 5.10 Å². The van der Waals surface area contributed by atoms with Crippen LogP contribution in [0, 0.1) is 5.92 Å². The van der Waals surface area contributed by atoms with Crippen LogP contribution in [0.3, 0.4) is 0 Å². The van der Waals surface area contributed by atoms with Gasteiger partial charge in [0.1, 0.15) is 0 Å². The Bertz CT molecular complexity index is 1180. The number of aromatic amines is 1. The summed E-state index contributed by atoms with van der Waals surface area (Å²) in [6.45, 7) is 0.682. The second kappa shape index (κ2) is 9.33. The molecule has 33 heavy (non-hydrogen) atoms. The second-order valence-corrected chi connectivity index (χ2v) is 9.36. The summed E-state index contributed by atoms with van der Waals surface area (Å²) in [6.07, 6.45) is 8.31. The predicted molar refractivity (Wildman–Crippen MR) is 127 cm³/mol. The van der Waals surface area contributed by atoms with Crippen LogP contribution in [0.5, 0.6) is 0 Å². The summed E-state index contributed by atoms with van der Waals surface area (Å²) in [4.78, 5) is 30.1. The van der Waals surface area contributed by atoms with E-state index in [1.165, 1.54) is 0 Å². The van der Waals surface area contributed by atoms with Crippen molar-refractivity contribution in [1.82, 2.24) is 25.8 Å². The lowest BCUT2D eigenvalue weighted by atomic mass is 9.80. The summed E-state index contributed by atoms with van der Waals surface area (Å²) in [5.74, 6) is 0.664. The number of hydrogen-bond acceptors (Lipinski definition) is 4. The van der Waals surface area contributed by atoms with Crippen LogP contribution >= 0.6 is 0 Å². The number of fused-ring (bicyclic) bond motifs is 2. The van der Waals surface area contributed by atoms with Crippen molar-refractivity contribution in [2.24, 2.45) is 5.92 Å². The van der Waals surface area contributed by atoms with Crippen LogP contribution in [0.25, 0.3) is 10.9 Å². The van der Waals surface area contributed by atoms with Crippen molar-refractivity contribution in [1.29, 1.82) is 0 Å². The van der Waals surface area contributed by atoms with Crippen molar-refractivity contribution < 1.29 is 9.59 Å². The molecule has 7 nitrogen and oxygen atoms in total. The minimum absolute atomic E-state index is 0.0528. The first-order valence-electron chi connectivity index (χ1n) is 12.1. The summed E-state index contributed by atoms with van der Waals surface area (Å²) < 4.78 is 0. The summed E-state index contributed by atoms with van der Waals surface area (Å²) in [5, 5.41) is 14.1. The van der Waals surface area contributed by atoms with Gasteiger partial charge in [-0.25, -0.2) is 0 Å². The molecule has 2 heterocycles. The summed E-state index contributed by atoms with van der Waals surface area (Å²) in [6, 6.07) is 9.79. The fraction of sp³-hybridized carbons (Fsp3) is 0.462. The first-order chi connectivity index (χ1) is 16.1. The monoisotopic (exact) mass is 445 g/mol. The number of hydrogen-bond donors (Lipinski definition) is 3. The fourth-order valence-electron chi connectivity index (χ4n) is 5.38. The minimum atomic E-state index is -0.0770. The molecule has 0 bridgehead atoms. The van der Waals surface area contributed by atoms with E-state index in [0.717, 1.165) is 79.2 Å². The third-order valence-electron chi connectivity index (χ3n) is 7.30. The maximum Gasteiger partial charge on any atom is 0.272 e. The van der Waals surface area contributed by atoms with Gasteiger partial charge in [-0.15, -0.1) is 0 Å². The molecule has 2 aliphatic carbocycles. The summed E-state index contributed by atoms with van der Waals surface area (Å²) in [5.41, 5.74) is 5.38. The van der Waals surface area contributed by atoms with Crippen molar-refractivity contribution in [3.05, 3.63) is 58.5 Å². The molecule has 3 N–H and O–H groups in total.